The van der Waals surface area contributed by atoms with Crippen LogP contribution in [0.2, 0.25) is 0 Å². The Bertz CT molecular complexity index is 896. The lowest BCUT2D eigenvalue weighted by molar-refractivity contribution is 0.925. The van der Waals surface area contributed by atoms with Gasteiger partial charge in [-0.2, -0.15) is 0 Å². The third kappa shape index (κ3) is 5.69. The molecule has 0 heteroatoms. The minimum absolute atomic E-state index is 0. The van der Waals surface area contributed by atoms with Crippen molar-refractivity contribution in [1.29, 1.82) is 0 Å². The lowest BCUT2D eigenvalue weighted by Crippen LogP contribution is -1.98. The van der Waals surface area contributed by atoms with Crippen LogP contribution in [0.5, 0.6) is 0 Å². The second kappa shape index (κ2) is 10.9. The molecule has 0 spiro atoms. The van der Waals surface area contributed by atoms with Crippen LogP contribution >= 0.6 is 0 Å². The maximum absolute atomic E-state index is 2.28. The molecule has 0 heterocycles. The van der Waals surface area contributed by atoms with E-state index in [-0.39, 0.29) is 7.43 Å². The Kier molecular flexibility index (Phi) is 8.24. The molecule has 142 valence electrons. The van der Waals surface area contributed by atoms with Crippen LogP contribution < -0.4 is 0 Å². The third-order valence-electron chi connectivity index (χ3n) is 4.76. The molecule has 4 aromatic carbocycles. The lowest BCUT2D eigenvalue weighted by atomic mass is 9.87. The van der Waals surface area contributed by atoms with Crippen LogP contribution in [0.15, 0.2) is 115 Å². The highest BCUT2D eigenvalue weighted by Crippen LogP contribution is 2.33. The first-order chi connectivity index (χ1) is 13.3. The molecule has 0 aromatic heterocycles. The predicted octanol–water partition coefficient (Wildman–Crippen LogP) is 8.14. The van der Waals surface area contributed by atoms with E-state index < -0.39 is 0 Å². The molecule has 0 bridgehead atoms. The summed E-state index contributed by atoms with van der Waals surface area (Å²) in [7, 11) is 0. The Hall–Kier alpha value is -3.12. The van der Waals surface area contributed by atoms with Crippen molar-refractivity contribution >= 4 is 0 Å². The van der Waals surface area contributed by atoms with Crippen LogP contribution in [0, 0.1) is 6.92 Å². The highest BCUT2D eigenvalue weighted by molar-refractivity contribution is 5.69. The van der Waals surface area contributed by atoms with Gasteiger partial charge in [-0.25, -0.2) is 0 Å². The van der Waals surface area contributed by atoms with E-state index in [9.17, 15) is 0 Å². The summed E-state index contributed by atoms with van der Waals surface area (Å²) in [5, 5.41) is 0. The second-order valence-corrected chi connectivity index (χ2v) is 6.74. The van der Waals surface area contributed by atoms with E-state index in [1.807, 2.05) is 36.4 Å². The van der Waals surface area contributed by atoms with Gasteiger partial charge in [0.05, 0.1) is 0 Å². The number of benzene rings is 4. The van der Waals surface area contributed by atoms with Gasteiger partial charge in [0.15, 0.2) is 0 Å². The molecule has 0 aliphatic carbocycles. The highest BCUT2D eigenvalue weighted by atomic mass is 14.2. The zero-order valence-electron chi connectivity index (χ0n) is 16.0. The number of hydrogen-bond acceptors (Lipinski definition) is 0. The molecule has 0 aliphatic rings. The van der Waals surface area contributed by atoms with Crippen molar-refractivity contribution in [2.45, 2.75) is 27.2 Å². The first kappa shape index (κ1) is 21.2. The van der Waals surface area contributed by atoms with Gasteiger partial charge in [0, 0.05) is 5.92 Å². The molecule has 1 unspecified atom stereocenters. The normalized spacial score (nSPS) is 10.8. The number of hydrogen-bond donors (Lipinski definition) is 0. The summed E-state index contributed by atoms with van der Waals surface area (Å²) in [6.45, 7) is 4.41. The molecule has 4 rings (SSSR count). The fourth-order valence-corrected chi connectivity index (χ4v) is 3.18. The van der Waals surface area contributed by atoms with Gasteiger partial charge in [-0.1, -0.05) is 135 Å². The van der Waals surface area contributed by atoms with Crippen LogP contribution in [0.4, 0.5) is 0 Å². The summed E-state index contributed by atoms with van der Waals surface area (Å²) in [5.74, 6) is 0.392. The molecule has 0 aliphatic heterocycles. The van der Waals surface area contributed by atoms with E-state index in [1.165, 1.54) is 27.8 Å². The van der Waals surface area contributed by atoms with Gasteiger partial charge in [0.25, 0.3) is 0 Å². The molecule has 4 aromatic rings. The molecule has 0 saturated heterocycles. The Morgan fingerprint density at radius 1 is 0.536 bits per heavy atom. The average Bonchev–Trinajstić information content (AvgIpc) is 2.76. The van der Waals surface area contributed by atoms with Gasteiger partial charge >= 0.3 is 0 Å². The minimum Gasteiger partial charge on any atom is -0.0776 e. The van der Waals surface area contributed by atoms with Crippen molar-refractivity contribution in [1.82, 2.24) is 0 Å². The van der Waals surface area contributed by atoms with Crippen molar-refractivity contribution in [3.05, 3.63) is 132 Å². The van der Waals surface area contributed by atoms with Crippen LogP contribution in [0.3, 0.4) is 0 Å². The summed E-state index contributed by atoms with van der Waals surface area (Å²) >= 11 is 0. The van der Waals surface area contributed by atoms with Gasteiger partial charge < -0.3 is 0 Å². The number of aryl methyl sites for hydroxylation is 1. The van der Waals surface area contributed by atoms with E-state index >= 15 is 0 Å². The van der Waals surface area contributed by atoms with Crippen LogP contribution in [-0.4, -0.2) is 0 Å². The third-order valence-corrected chi connectivity index (χ3v) is 4.76. The Balaban J connectivity index is 0.000000344. The van der Waals surface area contributed by atoms with Crippen molar-refractivity contribution in [2.24, 2.45) is 0 Å². The molecular formula is C28H30. The molecule has 28 heavy (non-hydrogen) atoms. The molecule has 0 N–H and O–H groups in total. The summed E-state index contributed by atoms with van der Waals surface area (Å²) < 4.78 is 0. The van der Waals surface area contributed by atoms with Crippen molar-refractivity contribution in [3.8, 4) is 11.1 Å². The number of rotatable bonds is 3. The quantitative estimate of drug-likeness (QED) is 0.343. The molecule has 0 amide bonds. The lowest BCUT2D eigenvalue weighted by Gasteiger charge is -2.17. The molecule has 0 radical (unpaired) electrons. The smallest absolute Gasteiger partial charge is 0.00671 e. The summed E-state index contributed by atoms with van der Waals surface area (Å²) in [6, 6.07) is 40.2. The van der Waals surface area contributed by atoms with Gasteiger partial charge in [-0.3, -0.25) is 0 Å². The molecule has 0 saturated carbocycles. The summed E-state index contributed by atoms with van der Waals surface area (Å²) in [6.07, 6.45) is 0. The Labute approximate surface area is 170 Å². The fraction of sp³-hybridized carbons (Fsp3) is 0.143. The van der Waals surface area contributed by atoms with Gasteiger partial charge in [0.1, 0.15) is 0 Å². The van der Waals surface area contributed by atoms with E-state index in [1.54, 1.807) is 0 Å². The van der Waals surface area contributed by atoms with E-state index in [4.69, 9.17) is 0 Å². The first-order valence-electron chi connectivity index (χ1n) is 9.46. The Morgan fingerprint density at radius 3 is 1.57 bits per heavy atom. The maximum Gasteiger partial charge on any atom is 0.00671 e. The van der Waals surface area contributed by atoms with Crippen molar-refractivity contribution in [3.63, 3.8) is 0 Å². The van der Waals surface area contributed by atoms with E-state index in [2.05, 4.69) is 92.7 Å². The SMILES string of the molecule is C.Cc1ccc(-c2ccccc2C(C)c2ccccc2)cc1.c1ccccc1. The Morgan fingerprint density at radius 2 is 1.00 bits per heavy atom. The van der Waals surface area contributed by atoms with Crippen molar-refractivity contribution < 1.29 is 0 Å². The van der Waals surface area contributed by atoms with Gasteiger partial charge in [-0.05, 0) is 29.2 Å². The molecule has 0 nitrogen and oxygen atoms in total. The van der Waals surface area contributed by atoms with E-state index in [0.29, 0.717) is 5.92 Å². The highest BCUT2D eigenvalue weighted by Gasteiger charge is 2.13. The van der Waals surface area contributed by atoms with Gasteiger partial charge in [0.2, 0.25) is 0 Å². The zero-order chi connectivity index (χ0) is 18.9. The van der Waals surface area contributed by atoms with Crippen LogP contribution in [0.1, 0.15) is 37.0 Å². The maximum atomic E-state index is 2.28. The minimum atomic E-state index is 0. The van der Waals surface area contributed by atoms with Crippen LogP contribution in [-0.2, 0) is 0 Å². The first-order valence-corrected chi connectivity index (χ1v) is 9.46. The second-order valence-electron chi connectivity index (χ2n) is 6.74. The predicted molar refractivity (Wildman–Crippen MR) is 124 cm³/mol. The summed E-state index contributed by atoms with van der Waals surface area (Å²) in [4.78, 5) is 0. The fourth-order valence-electron chi connectivity index (χ4n) is 3.18. The standard InChI is InChI=1S/C21H20.C6H6.CH4/c1-16-12-14-19(15-13-16)21-11-7-6-10-20(21)17(2)18-8-4-3-5-9-18;1-2-4-6-5-3-1;/h3-15,17H,1-2H3;1-6H;1H4. The average molecular weight is 367 g/mol. The van der Waals surface area contributed by atoms with Gasteiger partial charge in [-0.15, -0.1) is 0 Å². The molecule has 1 atom stereocenters. The summed E-state index contributed by atoms with van der Waals surface area (Å²) in [5.41, 5.74) is 6.66. The zero-order valence-corrected chi connectivity index (χ0v) is 16.0. The molecular weight excluding hydrogens is 336 g/mol. The largest absolute Gasteiger partial charge is 0.0776 e. The monoisotopic (exact) mass is 366 g/mol. The molecule has 0 fully saturated rings. The van der Waals surface area contributed by atoms with Crippen molar-refractivity contribution in [2.75, 3.05) is 0 Å². The van der Waals surface area contributed by atoms with E-state index in [0.717, 1.165) is 0 Å². The topological polar surface area (TPSA) is 0 Å². The van der Waals surface area contributed by atoms with Crippen LogP contribution in [0.25, 0.3) is 11.1 Å².